The molecule has 2 aromatic heterocycles. The molecule has 0 bridgehead atoms. The monoisotopic (exact) mass is 726 g/mol. The minimum atomic E-state index is 0.851. The third-order valence-corrected chi connectivity index (χ3v) is 11.7. The maximum absolute atomic E-state index is 7.12. The highest BCUT2D eigenvalue weighted by molar-refractivity contribution is 6.25. The van der Waals surface area contributed by atoms with Gasteiger partial charge in [-0.25, -0.2) is 0 Å². The predicted molar refractivity (Wildman–Crippen MR) is 241 cm³/mol. The second-order valence-electron chi connectivity index (χ2n) is 14.9. The first-order valence-corrected chi connectivity index (χ1v) is 19.5. The summed E-state index contributed by atoms with van der Waals surface area (Å²) >= 11 is 0. The average molecular weight is 727 g/mol. The van der Waals surface area contributed by atoms with E-state index in [1.807, 2.05) is 0 Å². The zero-order chi connectivity index (χ0) is 37.5. The first-order valence-electron chi connectivity index (χ1n) is 19.5. The molecule has 0 aliphatic rings. The number of anilines is 3. The molecule has 12 rings (SSSR count). The van der Waals surface area contributed by atoms with Gasteiger partial charge in [0.1, 0.15) is 5.58 Å². The molecule has 266 valence electrons. The minimum absolute atomic E-state index is 0.851. The van der Waals surface area contributed by atoms with Gasteiger partial charge in [0.25, 0.3) is 0 Å². The second kappa shape index (κ2) is 12.5. The Balaban J connectivity index is 1.17. The molecule has 10 aromatic carbocycles. The van der Waals surface area contributed by atoms with Crippen LogP contribution in [0.25, 0.3) is 92.9 Å². The van der Waals surface area contributed by atoms with E-state index >= 15 is 0 Å². The average Bonchev–Trinajstić information content (AvgIpc) is 3.84. The Morgan fingerprint density at radius 2 is 1.02 bits per heavy atom. The van der Waals surface area contributed by atoms with Crippen LogP contribution in [0.2, 0.25) is 0 Å². The zero-order valence-corrected chi connectivity index (χ0v) is 30.9. The van der Waals surface area contributed by atoms with Crippen molar-refractivity contribution in [2.75, 3.05) is 4.90 Å². The lowest BCUT2D eigenvalue weighted by molar-refractivity contribution is 0.669. The van der Waals surface area contributed by atoms with Gasteiger partial charge in [-0.05, 0) is 104 Å². The molecule has 3 heteroatoms. The van der Waals surface area contributed by atoms with Gasteiger partial charge in [-0.15, -0.1) is 0 Å². The summed E-state index contributed by atoms with van der Waals surface area (Å²) in [6, 6.07) is 74.4. The van der Waals surface area contributed by atoms with Gasteiger partial charge >= 0.3 is 0 Å². The van der Waals surface area contributed by atoms with Crippen LogP contribution in [-0.4, -0.2) is 4.57 Å². The molecule has 2 heterocycles. The predicted octanol–water partition coefficient (Wildman–Crippen LogP) is 15.3. The van der Waals surface area contributed by atoms with Crippen molar-refractivity contribution < 1.29 is 4.42 Å². The van der Waals surface area contributed by atoms with Crippen molar-refractivity contribution in [3.63, 3.8) is 0 Å². The van der Waals surface area contributed by atoms with E-state index in [-0.39, 0.29) is 0 Å². The summed E-state index contributed by atoms with van der Waals surface area (Å²) in [7, 11) is 0. The number of rotatable bonds is 5. The SMILES string of the molecule is c1ccc(N(c2ccc3ccc4ccccc4c3c2)c2ccc(-c3ccc4c5ccccc5n(-c5ccccc5)c4c3)c3c2oc2ccc4ccccc4c23)cc1. The molecule has 0 amide bonds. The minimum Gasteiger partial charge on any atom is -0.454 e. The van der Waals surface area contributed by atoms with E-state index in [0.717, 1.165) is 55.8 Å². The molecule has 0 aliphatic heterocycles. The van der Waals surface area contributed by atoms with Gasteiger partial charge in [-0.1, -0.05) is 146 Å². The quantitative estimate of drug-likeness (QED) is 0.165. The smallest absolute Gasteiger partial charge is 0.160 e. The standard InChI is InChI=1S/C54H34N2O/c1-3-15-39(16-4-1)55(41-28-25-37-24-23-35-13-7-9-19-42(35)47(37)34-41)49-31-30-44(53-52-43-20-10-8-14-36(43)27-32-51(52)57-54(49)53)38-26-29-46-45-21-11-12-22-48(45)56(50(46)33-38)40-17-5-2-6-18-40/h1-34H. The van der Waals surface area contributed by atoms with Gasteiger partial charge in [-0.2, -0.15) is 0 Å². The van der Waals surface area contributed by atoms with Crippen LogP contribution in [0, 0.1) is 0 Å². The van der Waals surface area contributed by atoms with E-state index in [9.17, 15) is 0 Å². The molecule has 0 saturated carbocycles. The molecule has 0 unspecified atom stereocenters. The molecule has 0 N–H and O–H groups in total. The molecule has 12 aromatic rings. The number of hydrogen-bond donors (Lipinski definition) is 0. The molecule has 0 aliphatic carbocycles. The van der Waals surface area contributed by atoms with E-state index in [4.69, 9.17) is 4.42 Å². The highest BCUT2D eigenvalue weighted by atomic mass is 16.3. The molecule has 0 spiro atoms. The molecule has 0 fully saturated rings. The Bertz CT molecular complexity index is 3520. The van der Waals surface area contributed by atoms with Gasteiger partial charge in [-0.3, -0.25) is 0 Å². The van der Waals surface area contributed by atoms with Crippen molar-refractivity contribution in [2.45, 2.75) is 0 Å². The van der Waals surface area contributed by atoms with Crippen molar-refractivity contribution in [1.82, 2.24) is 4.57 Å². The molecule has 0 atom stereocenters. The van der Waals surface area contributed by atoms with Crippen molar-refractivity contribution in [1.29, 1.82) is 0 Å². The van der Waals surface area contributed by atoms with Crippen molar-refractivity contribution in [2.24, 2.45) is 0 Å². The summed E-state index contributed by atoms with van der Waals surface area (Å²) in [4.78, 5) is 2.36. The van der Waals surface area contributed by atoms with Gasteiger partial charge in [0.15, 0.2) is 5.58 Å². The van der Waals surface area contributed by atoms with Gasteiger partial charge < -0.3 is 13.9 Å². The summed E-state index contributed by atoms with van der Waals surface area (Å²) in [6.45, 7) is 0. The molecule has 0 saturated heterocycles. The maximum Gasteiger partial charge on any atom is 0.160 e. The van der Waals surface area contributed by atoms with Crippen LogP contribution < -0.4 is 4.90 Å². The Hall–Kier alpha value is -7.62. The number of hydrogen-bond acceptors (Lipinski definition) is 2. The van der Waals surface area contributed by atoms with Crippen LogP contribution >= 0.6 is 0 Å². The van der Waals surface area contributed by atoms with Crippen LogP contribution in [0.4, 0.5) is 17.1 Å². The van der Waals surface area contributed by atoms with E-state index in [1.54, 1.807) is 0 Å². The maximum atomic E-state index is 7.12. The van der Waals surface area contributed by atoms with E-state index in [1.165, 1.54) is 54.1 Å². The normalized spacial score (nSPS) is 11.9. The lowest BCUT2D eigenvalue weighted by Gasteiger charge is -2.26. The van der Waals surface area contributed by atoms with Gasteiger partial charge in [0.05, 0.1) is 16.7 Å². The van der Waals surface area contributed by atoms with Crippen LogP contribution in [0.15, 0.2) is 211 Å². The largest absolute Gasteiger partial charge is 0.454 e. The van der Waals surface area contributed by atoms with Crippen LogP contribution in [0.3, 0.4) is 0 Å². The van der Waals surface area contributed by atoms with Crippen molar-refractivity contribution in [3.05, 3.63) is 206 Å². The van der Waals surface area contributed by atoms with Crippen molar-refractivity contribution >= 4 is 93.1 Å². The fourth-order valence-corrected chi connectivity index (χ4v) is 9.17. The molecule has 0 radical (unpaired) electrons. The van der Waals surface area contributed by atoms with Crippen LogP contribution in [0.1, 0.15) is 0 Å². The summed E-state index contributed by atoms with van der Waals surface area (Å²) in [6.07, 6.45) is 0. The highest BCUT2D eigenvalue weighted by Gasteiger charge is 2.24. The van der Waals surface area contributed by atoms with Crippen LogP contribution in [-0.2, 0) is 0 Å². The second-order valence-corrected chi connectivity index (χ2v) is 14.9. The van der Waals surface area contributed by atoms with E-state index in [2.05, 4.69) is 216 Å². The van der Waals surface area contributed by atoms with E-state index < -0.39 is 0 Å². The summed E-state index contributed by atoms with van der Waals surface area (Å²) in [5.74, 6) is 0. The fraction of sp³-hybridized carbons (Fsp3) is 0. The Morgan fingerprint density at radius 3 is 1.84 bits per heavy atom. The topological polar surface area (TPSA) is 21.3 Å². The Morgan fingerprint density at radius 1 is 0.386 bits per heavy atom. The van der Waals surface area contributed by atoms with E-state index in [0.29, 0.717) is 0 Å². The lowest BCUT2D eigenvalue weighted by Crippen LogP contribution is -2.10. The van der Waals surface area contributed by atoms with Crippen LogP contribution in [0.5, 0.6) is 0 Å². The molecule has 57 heavy (non-hydrogen) atoms. The third kappa shape index (κ3) is 4.86. The first kappa shape index (κ1) is 31.7. The number of furan rings is 1. The molecule has 3 nitrogen and oxygen atoms in total. The molecular formula is C54H34N2O. The number of benzene rings is 10. The molecular weight excluding hydrogens is 693 g/mol. The highest BCUT2D eigenvalue weighted by Crippen LogP contribution is 2.48. The lowest BCUT2D eigenvalue weighted by atomic mass is 9.95. The first-order chi connectivity index (χ1) is 28.3. The summed E-state index contributed by atoms with van der Waals surface area (Å²) < 4.78 is 9.51. The number of fused-ring (bicyclic) bond motifs is 11. The Labute approximate surface area is 328 Å². The number of aromatic nitrogens is 1. The summed E-state index contributed by atoms with van der Waals surface area (Å²) in [5.41, 5.74) is 10.6. The van der Waals surface area contributed by atoms with Gasteiger partial charge in [0, 0.05) is 38.6 Å². The zero-order valence-electron chi connectivity index (χ0n) is 30.9. The number of para-hydroxylation sites is 3. The van der Waals surface area contributed by atoms with Crippen molar-refractivity contribution in [3.8, 4) is 16.8 Å². The summed E-state index contributed by atoms with van der Waals surface area (Å²) in [5, 5.41) is 12.0. The van der Waals surface area contributed by atoms with Gasteiger partial charge in [0.2, 0.25) is 0 Å². The number of nitrogens with zero attached hydrogens (tertiary/aromatic N) is 2. The fourth-order valence-electron chi connectivity index (χ4n) is 9.17. The third-order valence-electron chi connectivity index (χ3n) is 11.7. The Kier molecular flexibility index (Phi) is 6.93.